The summed E-state index contributed by atoms with van der Waals surface area (Å²) in [5, 5.41) is 16.1. The van der Waals surface area contributed by atoms with E-state index in [2.05, 4.69) is 5.84 Å². The number of nitrogens with two attached hydrogens (primary N) is 1. The van der Waals surface area contributed by atoms with Crippen LogP contribution in [0.2, 0.25) is 0 Å². The first-order valence-electron chi connectivity index (χ1n) is 1.56. The summed E-state index contributed by atoms with van der Waals surface area (Å²) in [4.78, 5) is 0. The fourth-order valence-electron chi connectivity index (χ4n) is 0.0527. The molecule has 0 aliphatic heterocycles. The first-order chi connectivity index (χ1) is 2.81. The molecule has 0 spiro atoms. The lowest BCUT2D eigenvalue weighted by atomic mass is 10.6. The first kappa shape index (κ1) is 5.84. The molecule has 0 saturated heterocycles. The molecule has 0 rings (SSSR count). The SMILES string of the molecule is NN[C@@H](O)CO. The van der Waals surface area contributed by atoms with Crippen LogP contribution in [0.25, 0.3) is 0 Å². The van der Waals surface area contributed by atoms with Gasteiger partial charge in [0.25, 0.3) is 0 Å². The van der Waals surface area contributed by atoms with Crippen molar-refractivity contribution < 1.29 is 10.2 Å². The third-order valence-corrected chi connectivity index (χ3v) is 0.365. The highest BCUT2D eigenvalue weighted by Crippen LogP contribution is 1.61. The Morgan fingerprint density at radius 1 is 1.83 bits per heavy atom. The van der Waals surface area contributed by atoms with Crippen molar-refractivity contribution >= 4 is 0 Å². The maximum Gasteiger partial charge on any atom is 0.140 e. The minimum Gasteiger partial charge on any atom is -0.392 e. The van der Waals surface area contributed by atoms with Gasteiger partial charge in [0.2, 0.25) is 0 Å². The number of aliphatic hydroxyl groups is 2. The van der Waals surface area contributed by atoms with Gasteiger partial charge in [-0.25, -0.2) is 5.43 Å². The zero-order valence-electron chi connectivity index (χ0n) is 3.26. The van der Waals surface area contributed by atoms with E-state index in [9.17, 15) is 0 Å². The predicted octanol–water partition coefficient (Wildman–Crippen LogP) is -2.24. The van der Waals surface area contributed by atoms with Gasteiger partial charge in [-0.1, -0.05) is 0 Å². The van der Waals surface area contributed by atoms with Gasteiger partial charge in [0.1, 0.15) is 6.23 Å². The largest absolute Gasteiger partial charge is 0.392 e. The molecular formula is C2H8N2O2. The van der Waals surface area contributed by atoms with E-state index in [4.69, 9.17) is 10.2 Å². The number of aliphatic hydroxyl groups excluding tert-OH is 2. The topological polar surface area (TPSA) is 78.5 Å². The molecular weight excluding hydrogens is 84.0 g/mol. The van der Waals surface area contributed by atoms with E-state index in [-0.39, 0.29) is 6.61 Å². The van der Waals surface area contributed by atoms with E-state index in [0.29, 0.717) is 0 Å². The lowest BCUT2D eigenvalue weighted by molar-refractivity contribution is 0.0684. The number of hydrazine groups is 1. The summed E-state index contributed by atoms with van der Waals surface area (Å²) in [6.07, 6.45) is -0.981. The van der Waals surface area contributed by atoms with Crippen molar-refractivity contribution in [3.8, 4) is 0 Å². The molecule has 0 amide bonds. The summed E-state index contributed by atoms with van der Waals surface area (Å²) >= 11 is 0. The van der Waals surface area contributed by atoms with Crippen molar-refractivity contribution in [3.05, 3.63) is 0 Å². The van der Waals surface area contributed by atoms with E-state index < -0.39 is 6.23 Å². The van der Waals surface area contributed by atoms with Crippen LogP contribution in [-0.2, 0) is 0 Å². The molecule has 0 heterocycles. The van der Waals surface area contributed by atoms with Gasteiger partial charge >= 0.3 is 0 Å². The Balaban J connectivity index is 2.75. The van der Waals surface area contributed by atoms with Gasteiger partial charge in [-0.2, -0.15) is 0 Å². The summed E-state index contributed by atoms with van der Waals surface area (Å²) in [6, 6.07) is 0. The molecule has 6 heavy (non-hydrogen) atoms. The molecule has 0 unspecified atom stereocenters. The zero-order chi connectivity index (χ0) is 4.99. The molecule has 0 aliphatic rings. The number of nitrogens with one attached hydrogen (secondary N) is 1. The Morgan fingerprint density at radius 2 is 2.33 bits per heavy atom. The minimum atomic E-state index is -0.981. The van der Waals surface area contributed by atoms with Crippen molar-refractivity contribution in [3.63, 3.8) is 0 Å². The molecule has 38 valence electrons. The van der Waals surface area contributed by atoms with Crippen LogP contribution in [0.1, 0.15) is 0 Å². The van der Waals surface area contributed by atoms with E-state index in [1.807, 2.05) is 5.43 Å². The van der Waals surface area contributed by atoms with Crippen LogP contribution >= 0.6 is 0 Å². The average molecular weight is 92.1 g/mol. The molecule has 1 atom stereocenters. The summed E-state index contributed by atoms with van der Waals surface area (Å²) < 4.78 is 0. The summed E-state index contributed by atoms with van der Waals surface area (Å²) in [5.74, 6) is 4.62. The number of rotatable bonds is 2. The van der Waals surface area contributed by atoms with Crippen molar-refractivity contribution in [2.45, 2.75) is 6.23 Å². The lowest BCUT2D eigenvalue weighted by Crippen LogP contribution is -2.37. The predicted molar refractivity (Wildman–Crippen MR) is 20.4 cm³/mol. The van der Waals surface area contributed by atoms with Crippen LogP contribution in [0.15, 0.2) is 0 Å². The Hall–Kier alpha value is -0.160. The standard InChI is InChI=1S/C2H8N2O2/c3-4-2(6)1-5/h2,4-6H,1,3H2/t2-/m0/s1. The van der Waals surface area contributed by atoms with Gasteiger partial charge in [0.05, 0.1) is 6.61 Å². The van der Waals surface area contributed by atoms with Gasteiger partial charge in [-0.15, -0.1) is 0 Å². The fraction of sp³-hybridized carbons (Fsp3) is 1.00. The van der Waals surface area contributed by atoms with Crippen molar-refractivity contribution in [1.29, 1.82) is 0 Å². The fourth-order valence-corrected chi connectivity index (χ4v) is 0.0527. The molecule has 0 aliphatic carbocycles. The lowest BCUT2D eigenvalue weighted by Gasteiger charge is -2.00. The molecule has 0 fully saturated rings. The average Bonchev–Trinajstić information content (AvgIpc) is 1.65. The maximum atomic E-state index is 8.18. The van der Waals surface area contributed by atoms with E-state index in [1.165, 1.54) is 0 Å². The Bertz CT molecular complexity index is 28.7. The second-order valence-electron chi connectivity index (χ2n) is 0.865. The Morgan fingerprint density at radius 3 is 2.33 bits per heavy atom. The van der Waals surface area contributed by atoms with Crippen LogP contribution in [-0.4, -0.2) is 23.0 Å². The smallest absolute Gasteiger partial charge is 0.140 e. The van der Waals surface area contributed by atoms with E-state index >= 15 is 0 Å². The van der Waals surface area contributed by atoms with Gasteiger partial charge in [-0.3, -0.25) is 5.84 Å². The second-order valence-corrected chi connectivity index (χ2v) is 0.865. The van der Waals surface area contributed by atoms with Crippen molar-refractivity contribution in [1.82, 2.24) is 5.43 Å². The van der Waals surface area contributed by atoms with Gasteiger partial charge in [0, 0.05) is 0 Å². The van der Waals surface area contributed by atoms with Gasteiger partial charge in [-0.05, 0) is 0 Å². The minimum absolute atomic E-state index is 0.351. The van der Waals surface area contributed by atoms with Crippen LogP contribution in [0, 0.1) is 0 Å². The number of hydrogen-bond donors (Lipinski definition) is 4. The summed E-state index contributed by atoms with van der Waals surface area (Å²) in [6.45, 7) is -0.351. The van der Waals surface area contributed by atoms with Crippen LogP contribution < -0.4 is 11.3 Å². The molecule has 4 nitrogen and oxygen atoms in total. The van der Waals surface area contributed by atoms with Crippen molar-refractivity contribution in [2.75, 3.05) is 6.61 Å². The molecule has 4 heteroatoms. The Kier molecular flexibility index (Phi) is 2.97. The highest BCUT2D eigenvalue weighted by Gasteiger charge is 1.90. The Labute approximate surface area is 35.6 Å². The maximum absolute atomic E-state index is 8.18. The summed E-state index contributed by atoms with van der Waals surface area (Å²) in [7, 11) is 0. The second kappa shape index (κ2) is 3.05. The molecule has 0 aromatic carbocycles. The van der Waals surface area contributed by atoms with Crippen LogP contribution in [0.5, 0.6) is 0 Å². The van der Waals surface area contributed by atoms with E-state index in [1.54, 1.807) is 0 Å². The highest BCUT2D eigenvalue weighted by atomic mass is 16.3. The number of hydrogen-bond acceptors (Lipinski definition) is 4. The first-order valence-corrected chi connectivity index (χ1v) is 1.56. The molecule has 0 aromatic heterocycles. The van der Waals surface area contributed by atoms with Crippen LogP contribution in [0.3, 0.4) is 0 Å². The monoisotopic (exact) mass is 92.1 g/mol. The van der Waals surface area contributed by atoms with Crippen LogP contribution in [0.4, 0.5) is 0 Å². The summed E-state index contributed by atoms with van der Waals surface area (Å²) in [5.41, 5.74) is 1.92. The zero-order valence-corrected chi connectivity index (χ0v) is 3.26. The molecule has 5 N–H and O–H groups in total. The van der Waals surface area contributed by atoms with E-state index in [0.717, 1.165) is 0 Å². The highest BCUT2D eigenvalue weighted by molar-refractivity contribution is 4.36. The quantitative estimate of drug-likeness (QED) is 0.176. The molecule has 0 saturated carbocycles. The molecule has 0 radical (unpaired) electrons. The third kappa shape index (κ3) is 2.10. The van der Waals surface area contributed by atoms with Crippen molar-refractivity contribution in [2.24, 2.45) is 5.84 Å². The van der Waals surface area contributed by atoms with Gasteiger partial charge in [0.15, 0.2) is 0 Å². The molecule has 0 bridgehead atoms. The normalized spacial score (nSPS) is 14.5. The third-order valence-electron chi connectivity index (χ3n) is 0.365. The van der Waals surface area contributed by atoms with Gasteiger partial charge < -0.3 is 10.2 Å². The molecule has 0 aromatic rings.